The van der Waals surface area contributed by atoms with Gasteiger partial charge in [-0.05, 0) is 74.2 Å². The van der Waals surface area contributed by atoms with Crippen molar-refractivity contribution in [3.8, 4) is 0 Å². The number of carbonyl (C=O) groups is 1. The molecule has 6 nitrogen and oxygen atoms in total. The molecule has 1 heterocycles. The number of fused-ring (bicyclic) bond motifs is 4. The molecule has 1 saturated carbocycles. The summed E-state index contributed by atoms with van der Waals surface area (Å²) >= 11 is 0. The molecule has 200 valence electrons. The molecule has 0 bridgehead atoms. The van der Waals surface area contributed by atoms with Crippen molar-refractivity contribution in [2.45, 2.75) is 50.1 Å². The fourth-order valence-electron chi connectivity index (χ4n) is 6.05. The number of nitrogens with one attached hydrogen (secondary N) is 2. The highest BCUT2D eigenvalue weighted by Crippen LogP contribution is 2.30. The maximum atomic E-state index is 13.2. The topological polar surface area (TPSA) is 80.2 Å². The van der Waals surface area contributed by atoms with E-state index in [0.29, 0.717) is 17.0 Å². The largest absolute Gasteiger partial charge is 0.349 e. The average molecular weight is 540 g/mol. The molecule has 2 N–H and O–H groups in total. The summed E-state index contributed by atoms with van der Waals surface area (Å²) in [7, 11) is -3.61. The average Bonchev–Trinajstić information content (AvgIpc) is 3.29. The molecule has 1 fully saturated rings. The van der Waals surface area contributed by atoms with Crippen LogP contribution in [0.15, 0.2) is 89.8 Å². The number of nitrogens with zero attached hydrogens (tertiary/aromatic N) is 1. The third kappa shape index (κ3) is 4.92. The van der Waals surface area contributed by atoms with Gasteiger partial charge in [-0.25, -0.2) is 13.1 Å². The van der Waals surface area contributed by atoms with Gasteiger partial charge in [-0.2, -0.15) is 0 Å². The summed E-state index contributed by atoms with van der Waals surface area (Å²) < 4.78 is 31.3. The van der Waals surface area contributed by atoms with Gasteiger partial charge < -0.3 is 9.88 Å². The quantitative estimate of drug-likeness (QED) is 0.257. The van der Waals surface area contributed by atoms with Crippen LogP contribution in [0.5, 0.6) is 0 Å². The van der Waals surface area contributed by atoms with E-state index in [1.54, 1.807) is 12.1 Å². The molecule has 1 aliphatic rings. The maximum absolute atomic E-state index is 13.2. The molecule has 0 saturated heterocycles. The van der Waals surface area contributed by atoms with E-state index >= 15 is 0 Å². The molecular formula is C32H33N3O3S. The van der Waals surface area contributed by atoms with Crippen LogP contribution in [0.1, 0.15) is 43.0 Å². The van der Waals surface area contributed by atoms with Gasteiger partial charge in [0.1, 0.15) is 0 Å². The van der Waals surface area contributed by atoms with Crippen molar-refractivity contribution in [2.24, 2.45) is 5.92 Å². The molecule has 4 aromatic carbocycles. The van der Waals surface area contributed by atoms with Crippen LogP contribution < -0.4 is 10.0 Å². The first-order valence-electron chi connectivity index (χ1n) is 13.7. The van der Waals surface area contributed by atoms with Gasteiger partial charge in [-0.15, -0.1) is 0 Å². The van der Waals surface area contributed by atoms with Gasteiger partial charge in [0.05, 0.1) is 4.90 Å². The molecule has 6 rings (SSSR count). The zero-order chi connectivity index (χ0) is 27.0. The first kappa shape index (κ1) is 25.6. The number of para-hydroxylation sites is 1. The van der Waals surface area contributed by atoms with Crippen molar-refractivity contribution in [1.82, 2.24) is 14.6 Å². The molecule has 39 heavy (non-hydrogen) atoms. The highest BCUT2D eigenvalue weighted by molar-refractivity contribution is 7.89. The van der Waals surface area contributed by atoms with Gasteiger partial charge in [-0.3, -0.25) is 4.79 Å². The lowest BCUT2D eigenvalue weighted by Gasteiger charge is -2.29. The number of aromatic nitrogens is 1. The van der Waals surface area contributed by atoms with E-state index in [9.17, 15) is 13.2 Å². The molecule has 0 atom stereocenters. The van der Waals surface area contributed by atoms with E-state index in [2.05, 4.69) is 33.7 Å². The minimum atomic E-state index is -3.61. The Bertz CT molecular complexity index is 1780. The lowest BCUT2D eigenvalue weighted by molar-refractivity contribution is 0.0922. The smallest absolute Gasteiger partial charge is 0.251 e. The first-order valence-corrected chi connectivity index (χ1v) is 15.2. The van der Waals surface area contributed by atoms with Crippen LogP contribution in [-0.2, 0) is 16.6 Å². The number of carbonyl (C=O) groups excluding carboxylic acids is 1. The second-order valence-electron chi connectivity index (χ2n) is 10.5. The number of hydrogen-bond acceptors (Lipinski definition) is 3. The number of aryl methyl sites for hydroxylation is 1. The molecule has 1 amide bonds. The zero-order valence-electron chi connectivity index (χ0n) is 22.1. The Morgan fingerprint density at radius 1 is 0.821 bits per heavy atom. The van der Waals surface area contributed by atoms with Gasteiger partial charge in [0.15, 0.2) is 0 Å². The first-order chi connectivity index (χ1) is 18.9. The Kier molecular flexibility index (Phi) is 6.87. The fourth-order valence-corrected chi connectivity index (χ4v) is 7.39. The molecule has 0 spiro atoms. The second kappa shape index (κ2) is 10.5. The highest BCUT2D eigenvalue weighted by atomic mass is 32.2. The lowest BCUT2D eigenvalue weighted by atomic mass is 9.86. The van der Waals surface area contributed by atoms with Crippen LogP contribution >= 0.6 is 0 Å². The number of amides is 1. The zero-order valence-corrected chi connectivity index (χ0v) is 22.9. The van der Waals surface area contributed by atoms with E-state index in [1.807, 2.05) is 60.7 Å². The third-order valence-corrected chi connectivity index (χ3v) is 9.62. The summed E-state index contributed by atoms with van der Waals surface area (Å²) in [5, 5.41) is 7.13. The predicted octanol–water partition coefficient (Wildman–Crippen LogP) is 6.23. The van der Waals surface area contributed by atoms with Crippen molar-refractivity contribution in [3.05, 3.63) is 90.5 Å². The molecular weight excluding hydrogens is 506 g/mol. The Labute approximate surface area is 229 Å². The monoisotopic (exact) mass is 539 g/mol. The Balaban J connectivity index is 1.08. The van der Waals surface area contributed by atoms with Gasteiger partial charge in [0.2, 0.25) is 10.0 Å². The van der Waals surface area contributed by atoms with E-state index in [-0.39, 0.29) is 17.9 Å². The van der Waals surface area contributed by atoms with Crippen LogP contribution in [0.4, 0.5) is 0 Å². The number of benzene rings is 4. The van der Waals surface area contributed by atoms with Crippen LogP contribution in [0, 0.1) is 5.92 Å². The van der Waals surface area contributed by atoms with Crippen molar-refractivity contribution < 1.29 is 13.2 Å². The van der Waals surface area contributed by atoms with Crippen molar-refractivity contribution >= 4 is 48.5 Å². The Morgan fingerprint density at radius 2 is 1.51 bits per heavy atom. The molecule has 0 unspecified atom stereocenters. The normalized spacial score (nSPS) is 18.1. The van der Waals surface area contributed by atoms with Crippen molar-refractivity contribution in [2.75, 3.05) is 6.54 Å². The summed E-state index contributed by atoms with van der Waals surface area (Å²) in [6.07, 6.45) is 3.41. The maximum Gasteiger partial charge on any atom is 0.251 e. The van der Waals surface area contributed by atoms with Gasteiger partial charge in [-0.1, -0.05) is 54.6 Å². The minimum absolute atomic E-state index is 0.0506. The van der Waals surface area contributed by atoms with Gasteiger partial charge >= 0.3 is 0 Å². The second-order valence-corrected chi connectivity index (χ2v) is 12.2. The van der Waals surface area contributed by atoms with Crippen LogP contribution in [-0.4, -0.2) is 31.5 Å². The van der Waals surface area contributed by atoms with Crippen LogP contribution in [0.3, 0.4) is 0 Å². The van der Waals surface area contributed by atoms with Gasteiger partial charge in [0.25, 0.3) is 5.91 Å². The summed E-state index contributed by atoms with van der Waals surface area (Å²) in [5.41, 5.74) is 3.00. The highest BCUT2D eigenvalue weighted by Gasteiger charge is 2.25. The molecule has 0 aliphatic heterocycles. The predicted molar refractivity (Wildman–Crippen MR) is 157 cm³/mol. The summed E-state index contributed by atoms with van der Waals surface area (Å²) in [6, 6.07) is 27.3. The van der Waals surface area contributed by atoms with Gasteiger partial charge in [0, 0.05) is 51.9 Å². The molecule has 7 heteroatoms. The SMILES string of the molecule is CCn1c2ccccc2c2cc(C(=O)NC3CCC(CNS(=O)(=O)c4cccc5ccccc45)CC3)ccc21. The minimum Gasteiger partial charge on any atom is -0.349 e. The van der Waals surface area contributed by atoms with Crippen LogP contribution in [0.2, 0.25) is 0 Å². The Morgan fingerprint density at radius 3 is 2.31 bits per heavy atom. The number of sulfonamides is 1. The molecule has 1 aromatic heterocycles. The third-order valence-electron chi connectivity index (χ3n) is 8.13. The van der Waals surface area contributed by atoms with E-state index in [0.717, 1.165) is 59.3 Å². The lowest BCUT2D eigenvalue weighted by Crippen LogP contribution is -2.39. The molecule has 5 aromatic rings. The van der Waals surface area contributed by atoms with Crippen LogP contribution in [0.25, 0.3) is 32.6 Å². The summed E-state index contributed by atoms with van der Waals surface area (Å²) in [5.74, 6) is 0.199. The fraction of sp³-hybridized carbons (Fsp3) is 0.281. The number of hydrogen-bond donors (Lipinski definition) is 2. The van der Waals surface area contributed by atoms with Crippen molar-refractivity contribution in [3.63, 3.8) is 0 Å². The van der Waals surface area contributed by atoms with E-state index < -0.39 is 10.0 Å². The molecule has 1 aliphatic carbocycles. The van der Waals surface area contributed by atoms with Crippen molar-refractivity contribution in [1.29, 1.82) is 0 Å². The molecule has 0 radical (unpaired) electrons. The number of rotatable bonds is 7. The van der Waals surface area contributed by atoms with E-state index in [4.69, 9.17) is 0 Å². The van der Waals surface area contributed by atoms with E-state index in [1.165, 1.54) is 5.52 Å². The summed E-state index contributed by atoms with van der Waals surface area (Å²) in [6.45, 7) is 3.42. The summed E-state index contributed by atoms with van der Waals surface area (Å²) in [4.78, 5) is 13.5. The Hall–Kier alpha value is -3.68. The standard InChI is InChI=1S/C32H33N3O3S/c1-2-35-29-12-6-5-11-27(29)28-20-24(16-19-30(28)35)32(36)34-25-17-14-22(15-18-25)21-33-39(37,38)31-13-7-9-23-8-3-4-10-26(23)31/h3-13,16,19-20,22,25,33H,2,14-15,17-18,21H2,1H3,(H,34,36).